The van der Waals surface area contributed by atoms with Crippen molar-refractivity contribution >= 4 is 0 Å². The van der Waals surface area contributed by atoms with Gasteiger partial charge < -0.3 is 9.47 Å². The van der Waals surface area contributed by atoms with E-state index in [1.165, 1.54) is 12.8 Å². The Hall–Kier alpha value is -3.30. The fourth-order valence-electron chi connectivity index (χ4n) is 6.16. The van der Waals surface area contributed by atoms with E-state index in [0.717, 1.165) is 42.0 Å². The summed E-state index contributed by atoms with van der Waals surface area (Å²) in [4.78, 5) is 0. The molecule has 0 spiro atoms. The number of alkyl halides is 5. The van der Waals surface area contributed by atoms with Crippen molar-refractivity contribution < 1.29 is 44.6 Å². The van der Waals surface area contributed by atoms with Crippen LogP contribution in [0, 0.1) is 41.1 Å². The van der Waals surface area contributed by atoms with Crippen molar-refractivity contribution in [3.8, 4) is 22.6 Å². The van der Waals surface area contributed by atoms with Crippen LogP contribution in [0.3, 0.4) is 0 Å². The first-order valence-corrected chi connectivity index (χ1v) is 14.8. The van der Waals surface area contributed by atoms with Crippen LogP contribution in [-0.4, -0.2) is 12.5 Å². The molecule has 2 aliphatic rings. The number of hydrogen-bond donors (Lipinski definition) is 0. The van der Waals surface area contributed by atoms with Gasteiger partial charge in [-0.3, -0.25) is 0 Å². The summed E-state index contributed by atoms with van der Waals surface area (Å²) in [6.07, 6.45) is 3.27. The third-order valence-corrected chi connectivity index (χ3v) is 8.76. The van der Waals surface area contributed by atoms with Gasteiger partial charge in [0, 0.05) is 11.6 Å². The SMILES string of the molecule is C=C(/C=C\C(=C/C)C1CCC(C(F)(F)Oc2ccc(-c3cc(F)c(OC(F)(F)F)c(F)c3)c(F)c2)CC1)C1CCC(C)CC1. The van der Waals surface area contributed by atoms with Crippen molar-refractivity contribution in [3.63, 3.8) is 0 Å². The van der Waals surface area contributed by atoms with Gasteiger partial charge in [-0.15, -0.1) is 13.2 Å². The Kier molecular flexibility index (Phi) is 10.5. The Bertz CT molecular complexity index is 1360. The van der Waals surface area contributed by atoms with Crippen LogP contribution in [0.2, 0.25) is 0 Å². The van der Waals surface area contributed by atoms with E-state index in [1.807, 2.05) is 13.0 Å². The van der Waals surface area contributed by atoms with E-state index in [9.17, 15) is 26.3 Å². The number of halogens is 8. The molecule has 0 bridgehead atoms. The average molecular weight is 629 g/mol. The molecule has 2 fully saturated rings. The van der Waals surface area contributed by atoms with E-state index in [1.54, 1.807) is 0 Å². The zero-order valence-electron chi connectivity index (χ0n) is 24.6. The number of benzene rings is 2. The molecule has 0 aromatic heterocycles. The van der Waals surface area contributed by atoms with Gasteiger partial charge in [-0.25, -0.2) is 13.2 Å². The molecule has 0 heterocycles. The largest absolute Gasteiger partial charge is 0.573 e. The van der Waals surface area contributed by atoms with Crippen LogP contribution < -0.4 is 9.47 Å². The predicted molar refractivity (Wildman–Crippen MR) is 153 cm³/mol. The van der Waals surface area contributed by atoms with Gasteiger partial charge in [0.1, 0.15) is 11.6 Å². The lowest BCUT2D eigenvalue weighted by Crippen LogP contribution is -2.37. The van der Waals surface area contributed by atoms with E-state index < -0.39 is 58.5 Å². The molecule has 2 aromatic rings. The fraction of sp³-hybridized carbons (Fsp3) is 0.471. The van der Waals surface area contributed by atoms with Crippen molar-refractivity contribution in [1.29, 1.82) is 0 Å². The number of ether oxygens (including phenoxy) is 2. The third kappa shape index (κ3) is 8.45. The van der Waals surface area contributed by atoms with Crippen LogP contribution in [0.25, 0.3) is 11.1 Å². The maximum atomic E-state index is 15.1. The summed E-state index contributed by atoms with van der Waals surface area (Å²) in [6.45, 7) is 8.46. The van der Waals surface area contributed by atoms with Gasteiger partial charge in [-0.2, -0.15) is 8.78 Å². The molecule has 2 nitrogen and oxygen atoms in total. The molecule has 10 heteroatoms. The molecule has 44 heavy (non-hydrogen) atoms. The zero-order valence-corrected chi connectivity index (χ0v) is 24.6. The third-order valence-electron chi connectivity index (χ3n) is 8.76. The molecule has 4 rings (SSSR count). The molecule has 240 valence electrons. The van der Waals surface area contributed by atoms with Gasteiger partial charge in [0.2, 0.25) is 5.75 Å². The maximum Gasteiger partial charge on any atom is 0.573 e. The van der Waals surface area contributed by atoms with Crippen LogP contribution in [0.15, 0.2) is 66.3 Å². The van der Waals surface area contributed by atoms with Crippen LogP contribution in [0.5, 0.6) is 11.5 Å². The van der Waals surface area contributed by atoms with Crippen molar-refractivity contribution in [2.45, 2.75) is 77.7 Å². The van der Waals surface area contributed by atoms with Gasteiger partial charge in [0.05, 0.1) is 5.92 Å². The van der Waals surface area contributed by atoms with Crippen LogP contribution in [-0.2, 0) is 0 Å². The van der Waals surface area contributed by atoms with Crippen molar-refractivity contribution in [3.05, 3.63) is 83.7 Å². The molecular formula is C34H36F8O2. The van der Waals surface area contributed by atoms with E-state index in [-0.39, 0.29) is 18.8 Å². The van der Waals surface area contributed by atoms with Gasteiger partial charge in [0.25, 0.3) is 0 Å². The van der Waals surface area contributed by atoms with Crippen LogP contribution in [0.1, 0.15) is 65.2 Å². The highest BCUT2D eigenvalue weighted by atomic mass is 19.4. The molecule has 2 aliphatic carbocycles. The summed E-state index contributed by atoms with van der Waals surface area (Å²) in [7, 11) is 0. The second kappa shape index (κ2) is 13.8. The second-order valence-corrected chi connectivity index (χ2v) is 11.8. The summed E-state index contributed by atoms with van der Waals surface area (Å²) in [5.74, 6) is -6.51. The molecule has 2 saturated carbocycles. The zero-order chi connectivity index (χ0) is 32.2. The van der Waals surface area contributed by atoms with Gasteiger partial charge in [0.15, 0.2) is 11.6 Å². The molecule has 0 N–H and O–H groups in total. The minimum absolute atomic E-state index is 0.118. The van der Waals surface area contributed by atoms with Crippen LogP contribution >= 0.6 is 0 Å². The quantitative estimate of drug-likeness (QED) is 0.203. The van der Waals surface area contributed by atoms with E-state index in [0.29, 0.717) is 37.0 Å². The highest BCUT2D eigenvalue weighted by Gasteiger charge is 2.44. The number of allylic oxidation sites excluding steroid dienone is 5. The first kappa shape index (κ1) is 33.6. The minimum Gasteiger partial charge on any atom is -0.432 e. The summed E-state index contributed by atoms with van der Waals surface area (Å²) in [5, 5.41) is 0. The van der Waals surface area contributed by atoms with E-state index >= 15 is 8.78 Å². The highest BCUT2D eigenvalue weighted by molar-refractivity contribution is 5.66. The van der Waals surface area contributed by atoms with Gasteiger partial charge in [-0.1, -0.05) is 50.1 Å². The Labute approximate surface area is 252 Å². The van der Waals surface area contributed by atoms with E-state index in [4.69, 9.17) is 4.74 Å². The summed E-state index contributed by atoms with van der Waals surface area (Å²) in [5.41, 5.74) is 1.31. The highest BCUT2D eigenvalue weighted by Crippen LogP contribution is 2.43. The molecular weight excluding hydrogens is 592 g/mol. The molecule has 0 saturated heterocycles. The molecule has 0 radical (unpaired) electrons. The fourth-order valence-corrected chi connectivity index (χ4v) is 6.16. The second-order valence-electron chi connectivity index (χ2n) is 11.8. The summed E-state index contributed by atoms with van der Waals surface area (Å²) < 4.78 is 119. The summed E-state index contributed by atoms with van der Waals surface area (Å²) >= 11 is 0. The molecule has 2 aromatic carbocycles. The van der Waals surface area contributed by atoms with E-state index in [2.05, 4.69) is 30.4 Å². The lowest BCUT2D eigenvalue weighted by Gasteiger charge is -2.34. The minimum atomic E-state index is -5.34. The summed E-state index contributed by atoms with van der Waals surface area (Å²) in [6, 6.07) is 3.53. The molecule has 0 aliphatic heterocycles. The lowest BCUT2D eigenvalue weighted by atomic mass is 9.77. The number of rotatable bonds is 9. The lowest BCUT2D eigenvalue weighted by molar-refractivity contribution is -0.276. The standard InChI is InChI=1S/C34H36F8O2/c1-4-22(10-7-21(3)23-8-5-20(2)6-9-23)24-11-13-26(14-12-24)33(38,39)43-27-15-16-28(29(35)19-27)25-17-30(36)32(31(37)18-25)44-34(40,41)42/h4,7,10,15-20,23-24,26H,3,5-6,8-9,11-14H2,1-2H3/b10-7-,22-4+. The molecule has 0 atom stereocenters. The Balaban J connectivity index is 1.36. The molecule has 0 amide bonds. The smallest absolute Gasteiger partial charge is 0.432 e. The first-order valence-electron chi connectivity index (χ1n) is 14.8. The Morgan fingerprint density at radius 2 is 1.36 bits per heavy atom. The van der Waals surface area contributed by atoms with Crippen molar-refractivity contribution in [2.24, 2.45) is 23.7 Å². The monoisotopic (exact) mass is 628 g/mol. The average Bonchev–Trinajstić information content (AvgIpc) is 2.95. The van der Waals surface area contributed by atoms with Crippen LogP contribution in [0.4, 0.5) is 35.1 Å². The molecule has 0 unspecified atom stereocenters. The van der Waals surface area contributed by atoms with Crippen molar-refractivity contribution in [1.82, 2.24) is 0 Å². The van der Waals surface area contributed by atoms with Gasteiger partial charge in [-0.05, 0) is 98.6 Å². The Morgan fingerprint density at radius 1 is 0.773 bits per heavy atom. The number of hydrogen-bond acceptors (Lipinski definition) is 2. The first-order chi connectivity index (χ1) is 20.7. The van der Waals surface area contributed by atoms with Gasteiger partial charge >= 0.3 is 12.5 Å². The van der Waals surface area contributed by atoms with Crippen molar-refractivity contribution in [2.75, 3.05) is 0 Å². The topological polar surface area (TPSA) is 18.5 Å². The Morgan fingerprint density at radius 3 is 1.91 bits per heavy atom. The predicted octanol–water partition coefficient (Wildman–Crippen LogP) is 11.3. The maximum absolute atomic E-state index is 15.1. The normalized spacial score (nSPS) is 23.5.